The van der Waals surface area contributed by atoms with Crippen molar-refractivity contribution in [3.63, 3.8) is 0 Å². The number of nitrogens with one attached hydrogen (secondary N) is 1. The summed E-state index contributed by atoms with van der Waals surface area (Å²) >= 11 is 1.29. The molecule has 2 heterocycles. The van der Waals surface area contributed by atoms with Crippen molar-refractivity contribution < 1.29 is 19.8 Å². The molecule has 2 saturated heterocycles. The van der Waals surface area contributed by atoms with E-state index in [0.717, 1.165) is 13.0 Å². The van der Waals surface area contributed by atoms with Gasteiger partial charge in [-0.05, 0) is 19.9 Å². The summed E-state index contributed by atoms with van der Waals surface area (Å²) in [7, 11) is 0. The number of aliphatic carboxylic acids is 1. The van der Waals surface area contributed by atoms with Crippen LogP contribution in [0.5, 0.6) is 0 Å². The fraction of sp³-hybridized carbons (Fsp3) is 0.833. The third-order valence-corrected chi connectivity index (χ3v) is 5.39. The minimum Gasteiger partial charge on any atom is -0.480 e. The first kappa shape index (κ1) is 14.6. The third-order valence-electron chi connectivity index (χ3n) is 3.70. The molecule has 108 valence electrons. The Morgan fingerprint density at radius 1 is 1.68 bits per heavy atom. The number of rotatable bonds is 6. The number of carboxylic acid groups (broad SMARTS) is 1. The monoisotopic (exact) mass is 288 g/mol. The van der Waals surface area contributed by atoms with E-state index in [0.29, 0.717) is 6.54 Å². The number of β-lactam (4-membered cyclic amide) rings is 1. The average Bonchev–Trinajstić information content (AvgIpc) is 2.65. The standard InChI is InChI=1S/C12H20N2O4S/c1-3-4-13-5-12(11(17)18)6-14-9(16)8(7(2)15)10(14)19-12/h7-8,10,13,15H,3-6H2,1-2H3,(H,17,18)/t7?,8-,10+,12?/m0/s1. The van der Waals surface area contributed by atoms with Gasteiger partial charge in [0.25, 0.3) is 0 Å². The van der Waals surface area contributed by atoms with Crippen LogP contribution in [-0.2, 0) is 9.59 Å². The molecule has 2 fully saturated rings. The van der Waals surface area contributed by atoms with E-state index in [1.807, 2.05) is 6.92 Å². The fourth-order valence-corrected chi connectivity index (χ4v) is 4.36. The van der Waals surface area contributed by atoms with E-state index in [9.17, 15) is 19.8 Å². The Balaban J connectivity index is 2.08. The first-order valence-corrected chi connectivity index (χ1v) is 7.41. The van der Waals surface area contributed by atoms with Crippen LogP contribution in [0.2, 0.25) is 0 Å². The predicted molar refractivity (Wildman–Crippen MR) is 71.8 cm³/mol. The van der Waals surface area contributed by atoms with E-state index in [4.69, 9.17) is 0 Å². The Morgan fingerprint density at radius 3 is 2.89 bits per heavy atom. The van der Waals surface area contributed by atoms with Gasteiger partial charge in [-0.15, -0.1) is 11.8 Å². The van der Waals surface area contributed by atoms with E-state index in [1.54, 1.807) is 11.8 Å². The van der Waals surface area contributed by atoms with Gasteiger partial charge >= 0.3 is 5.97 Å². The minimum absolute atomic E-state index is 0.133. The van der Waals surface area contributed by atoms with E-state index in [2.05, 4.69) is 5.32 Å². The summed E-state index contributed by atoms with van der Waals surface area (Å²) in [6.45, 7) is 4.91. The Labute approximate surface area is 116 Å². The maximum atomic E-state index is 11.9. The van der Waals surface area contributed by atoms with Gasteiger partial charge in [-0.3, -0.25) is 9.59 Å². The summed E-state index contributed by atoms with van der Waals surface area (Å²) in [6.07, 6.45) is 0.206. The number of hydrogen-bond donors (Lipinski definition) is 3. The van der Waals surface area contributed by atoms with Crippen molar-refractivity contribution in [1.82, 2.24) is 10.2 Å². The van der Waals surface area contributed by atoms with Gasteiger partial charge in [-0.2, -0.15) is 0 Å². The van der Waals surface area contributed by atoms with Crippen LogP contribution in [0.3, 0.4) is 0 Å². The summed E-state index contributed by atoms with van der Waals surface area (Å²) in [5, 5.41) is 22.0. The van der Waals surface area contributed by atoms with Gasteiger partial charge < -0.3 is 20.4 Å². The van der Waals surface area contributed by atoms with Gasteiger partial charge in [0.05, 0.1) is 17.4 Å². The highest BCUT2D eigenvalue weighted by atomic mass is 32.2. The Kier molecular flexibility index (Phi) is 4.08. The quantitative estimate of drug-likeness (QED) is 0.460. The number of aliphatic hydroxyl groups excluding tert-OH is 1. The normalized spacial score (nSPS) is 34.9. The number of aliphatic hydroxyl groups is 1. The maximum Gasteiger partial charge on any atom is 0.323 e. The first-order valence-electron chi connectivity index (χ1n) is 6.53. The Morgan fingerprint density at radius 2 is 2.37 bits per heavy atom. The summed E-state index contributed by atoms with van der Waals surface area (Å²) in [4.78, 5) is 25.0. The second-order valence-corrected chi connectivity index (χ2v) is 6.72. The molecule has 6 nitrogen and oxygen atoms in total. The number of carboxylic acids is 1. The van der Waals surface area contributed by atoms with E-state index in [-0.39, 0.29) is 17.8 Å². The van der Waals surface area contributed by atoms with Crippen LogP contribution in [0.4, 0.5) is 0 Å². The maximum absolute atomic E-state index is 11.9. The molecule has 0 aliphatic carbocycles. The summed E-state index contributed by atoms with van der Waals surface area (Å²) in [6, 6.07) is 0. The van der Waals surface area contributed by atoms with Crippen molar-refractivity contribution in [2.24, 2.45) is 5.92 Å². The molecule has 19 heavy (non-hydrogen) atoms. The molecule has 2 aliphatic heterocycles. The number of carbonyl (C=O) groups excluding carboxylic acids is 1. The zero-order valence-electron chi connectivity index (χ0n) is 11.1. The van der Waals surface area contributed by atoms with Crippen molar-refractivity contribution >= 4 is 23.6 Å². The molecule has 2 unspecified atom stereocenters. The lowest BCUT2D eigenvalue weighted by molar-refractivity contribution is -0.156. The highest BCUT2D eigenvalue weighted by Crippen LogP contribution is 2.50. The van der Waals surface area contributed by atoms with Gasteiger partial charge in [0.2, 0.25) is 5.91 Å². The molecule has 0 aromatic carbocycles. The van der Waals surface area contributed by atoms with Crippen molar-refractivity contribution in [3.8, 4) is 0 Å². The second kappa shape index (κ2) is 5.30. The lowest BCUT2D eigenvalue weighted by atomic mass is 9.92. The molecule has 0 aromatic rings. The molecule has 2 rings (SSSR count). The van der Waals surface area contributed by atoms with Crippen LogP contribution in [0.15, 0.2) is 0 Å². The van der Waals surface area contributed by atoms with Crippen LogP contribution in [0.1, 0.15) is 20.3 Å². The van der Waals surface area contributed by atoms with Gasteiger partial charge in [-0.1, -0.05) is 6.92 Å². The molecule has 2 aliphatic rings. The number of hydrogen-bond acceptors (Lipinski definition) is 5. The molecule has 0 spiro atoms. The zero-order chi connectivity index (χ0) is 14.2. The van der Waals surface area contributed by atoms with Crippen LogP contribution in [-0.4, -0.2) is 62.8 Å². The predicted octanol–water partition coefficient (Wildman–Crippen LogP) is -0.278. The Bertz CT molecular complexity index is 390. The third kappa shape index (κ3) is 2.34. The van der Waals surface area contributed by atoms with Crippen molar-refractivity contribution in [2.45, 2.75) is 36.5 Å². The van der Waals surface area contributed by atoms with Crippen LogP contribution < -0.4 is 5.32 Å². The SMILES string of the molecule is CCCNCC1(C(=O)O)CN2C(=O)[C@H](C(C)O)[C@H]2S1. The average molecular weight is 288 g/mol. The highest BCUT2D eigenvalue weighted by molar-refractivity contribution is 8.02. The lowest BCUT2D eigenvalue weighted by Gasteiger charge is -2.42. The molecular weight excluding hydrogens is 268 g/mol. The van der Waals surface area contributed by atoms with Crippen molar-refractivity contribution in [1.29, 1.82) is 0 Å². The zero-order valence-corrected chi connectivity index (χ0v) is 11.9. The molecule has 7 heteroatoms. The number of fused-ring (bicyclic) bond motifs is 1. The van der Waals surface area contributed by atoms with Crippen molar-refractivity contribution in [2.75, 3.05) is 19.6 Å². The molecule has 3 N–H and O–H groups in total. The number of nitrogens with zero attached hydrogens (tertiary/aromatic N) is 1. The summed E-state index contributed by atoms with van der Waals surface area (Å²) < 4.78 is -0.987. The van der Waals surface area contributed by atoms with Crippen LogP contribution >= 0.6 is 11.8 Å². The number of amides is 1. The lowest BCUT2D eigenvalue weighted by Crippen LogP contribution is -2.60. The largest absolute Gasteiger partial charge is 0.480 e. The van der Waals surface area contributed by atoms with E-state index >= 15 is 0 Å². The van der Waals surface area contributed by atoms with Crippen molar-refractivity contribution in [3.05, 3.63) is 0 Å². The van der Waals surface area contributed by atoms with Gasteiger partial charge in [0.15, 0.2) is 0 Å². The van der Waals surface area contributed by atoms with Gasteiger partial charge in [0.1, 0.15) is 4.75 Å². The molecule has 0 radical (unpaired) electrons. The fourth-order valence-electron chi connectivity index (χ4n) is 2.60. The molecule has 0 bridgehead atoms. The Hall–Kier alpha value is -0.790. The highest BCUT2D eigenvalue weighted by Gasteiger charge is 2.62. The molecular formula is C12H20N2O4S. The van der Waals surface area contributed by atoms with E-state index in [1.165, 1.54) is 11.8 Å². The molecule has 0 saturated carbocycles. The summed E-state index contributed by atoms with van der Waals surface area (Å²) in [5.41, 5.74) is 0. The molecule has 0 aromatic heterocycles. The van der Waals surface area contributed by atoms with E-state index < -0.39 is 22.7 Å². The van der Waals surface area contributed by atoms with Gasteiger partial charge in [0, 0.05) is 13.1 Å². The molecule has 1 amide bonds. The topological polar surface area (TPSA) is 89.9 Å². The van der Waals surface area contributed by atoms with Gasteiger partial charge in [-0.25, -0.2) is 0 Å². The number of carbonyl (C=O) groups is 2. The minimum atomic E-state index is -0.987. The second-order valence-electron chi connectivity index (χ2n) is 5.22. The van der Waals surface area contributed by atoms with Crippen LogP contribution in [0.25, 0.3) is 0 Å². The number of thioether (sulfide) groups is 1. The van der Waals surface area contributed by atoms with Crippen LogP contribution in [0, 0.1) is 5.92 Å². The first-order chi connectivity index (χ1) is 8.93. The molecule has 4 atom stereocenters. The summed E-state index contributed by atoms with van der Waals surface area (Å²) in [5.74, 6) is -1.49. The smallest absolute Gasteiger partial charge is 0.323 e.